The molecule has 146 valence electrons. The summed E-state index contributed by atoms with van der Waals surface area (Å²) in [6, 6.07) is 16.1. The van der Waals surface area contributed by atoms with Crippen molar-refractivity contribution in [2.45, 2.75) is 31.8 Å². The molecule has 4 rings (SSSR count). The van der Waals surface area contributed by atoms with Crippen LogP contribution in [0.1, 0.15) is 24.8 Å². The summed E-state index contributed by atoms with van der Waals surface area (Å²) in [5, 5.41) is 14.2. The molecule has 6 nitrogen and oxygen atoms in total. The summed E-state index contributed by atoms with van der Waals surface area (Å²) >= 11 is 0. The average Bonchev–Trinajstić information content (AvgIpc) is 2.77. The second-order valence-corrected chi connectivity index (χ2v) is 7.12. The second-order valence-electron chi connectivity index (χ2n) is 7.12. The van der Waals surface area contributed by atoms with Crippen LogP contribution < -0.4 is 15.0 Å². The Kier molecular flexibility index (Phi) is 5.58. The highest BCUT2D eigenvalue weighted by atomic mass is 16.5. The van der Waals surface area contributed by atoms with Gasteiger partial charge in [0.15, 0.2) is 0 Å². The Morgan fingerprint density at radius 3 is 2.71 bits per heavy atom. The molecule has 1 atom stereocenters. The van der Waals surface area contributed by atoms with Gasteiger partial charge in [-0.2, -0.15) is 4.98 Å². The third-order valence-electron chi connectivity index (χ3n) is 5.31. The number of piperidine rings is 1. The van der Waals surface area contributed by atoms with Crippen LogP contribution in [-0.2, 0) is 6.54 Å². The summed E-state index contributed by atoms with van der Waals surface area (Å²) in [5.74, 6) is 2.35. The van der Waals surface area contributed by atoms with Crippen molar-refractivity contribution >= 4 is 22.7 Å². The molecule has 0 radical (unpaired) electrons. The highest BCUT2D eigenvalue weighted by molar-refractivity contribution is 5.90. The predicted molar refractivity (Wildman–Crippen MR) is 112 cm³/mol. The molecule has 1 unspecified atom stereocenters. The Bertz CT molecular complexity index is 929. The number of ether oxygens (including phenoxy) is 1. The highest BCUT2D eigenvalue weighted by Gasteiger charge is 2.24. The fraction of sp³-hybridized carbons (Fsp3) is 0.364. The van der Waals surface area contributed by atoms with Crippen LogP contribution in [0.15, 0.2) is 48.5 Å². The van der Waals surface area contributed by atoms with Crippen molar-refractivity contribution in [3.8, 4) is 5.75 Å². The molecule has 1 aromatic heterocycles. The van der Waals surface area contributed by atoms with Gasteiger partial charge in [-0.3, -0.25) is 0 Å². The van der Waals surface area contributed by atoms with Crippen LogP contribution in [0, 0.1) is 0 Å². The van der Waals surface area contributed by atoms with Crippen molar-refractivity contribution in [3.63, 3.8) is 0 Å². The molecule has 1 aliphatic rings. The van der Waals surface area contributed by atoms with Crippen LogP contribution in [0.3, 0.4) is 0 Å². The smallest absolute Gasteiger partial charge is 0.228 e. The van der Waals surface area contributed by atoms with Gasteiger partial charge < -0.3 is 20.1 Å². The molecule has 3 aromatic rings. The Morgan fingerprint density at radius 2 is 1.93 bits per heavy atom. The van der Waals surface area contributed by atoms with Crippen LogP contribution in [0.25, 0.3) is 10.9 Å². The number of fused-ring (bicyclic) bond motifs is 1. The molecular formula is C22H26N4O2. The maximum Gasteiger partial charge on any atom is 0.228 e. The number of nitrogens with zero attached hydrogens (tertiary/aromatic N) is 3. The van der Waals surface area contributed by atoms with E-state index >= 15 is 0 Å². The minimum Gasteiger partial charge on any atom is -0.497 e. The summed E-state index contributed by atoms with van der Waals surface area (Å²) in [6.45, 7) is 1.67. The average molecular weight is 378 g/mol. The van der Waals surface area contributed by atoms with Crippen molar-refractivity contribution in [3.05, 3.63) is 54.1 Å². The molecule has 28 heavy (non-hydrogen) atoms. The topological polar surface area (TPSA) is 70.5 Å². The van der Waals surface area contributed by atoms with E-state index in [1.54, 1.807) is 7.11 Å². The maximum atomic E-state index is 9.78. The minimum atomic E-state index is 0.0874. The van der Waals surface area contributed by atoms with Crippen LogP contribution >= 0.6 is 0 Å². The van der Waals surface area contributed by atoms with E-state index in [2.05, 4.69) is 10.2 Å². The zero-order valence-electron chi connectivity index (χ0n) is 16.1. The molecule has 0 aliphatic carbocycles. The fourth-order valence-electron chi connectivity index (χ4n) is 3.71. The first-order valence-corrected chi connectivity index (χ1v) is 9.79. The van der Waals surface area contributed by atoms with Crippen molar-refractivity contribution in [2.24, 2.45) is 0 Å². The highest BCUT2D eigenvalue weighted by Crippen LogP contribution is 2.27. The molecule has 0 bridgehead atoms. The zero-order chi connectivity index (χ0) is 19.3. The molecule has 1 fully saturated rings. The van der Waals surface area contributed by atoms with E-state index in [4.69, 9.17) is 14.7 Å². The van der Waals surface area contributed by atoms with Gasteiger partial charge in [0.25, 0.3) is 0 Å². The van der Waals surface area contributed by atoms with E-state index in [1.807, 2.05) is 48.5 Å². The maximum absolute atomic E-state index is 9.78. The lowest BCUT2D eigenvalue weighted by Crippen LogP contribution is -2.43. The Hall–Kier alpha value is -2.86. The summed E-state index contributed by atoms with van der Waals surface area (Å²) in [6.07, 6.45) is 3.21. The monoisotopic (exact) mass is 378 g/mol. The quantitative estimate of drug-likeness (QED) is 0.683. The van der Waals surface area contributed by atoms with E-state index in [9.17, 15) is 5.11 Å². The van der Waals surface area contributed by atoms with Gasteiger partial charge in [0.05, 0.1) is 25.3 Å². The number of hydrogen-bond donors (Lipinski definition) is 2. The first-order valence-electron chi connectivity index (χ1n) is 9.79. The number of methoxy groups -OCH3 is 1. The number of aromatic nitrogens is 2. The van der Waals surface area contributed by atoms with Gasteiger partial charge in [-0.1, -0.05) is 24.3 Å². The Labute approximate surface area is 165 Å². The second kappa shape index (κ2) is 8.44. The molecule has 2 aromatic carbocycles. The minimum absolute atomic E-state index is 0.0874. The lowest BCUT2D eigenvalue weighted by atomic mass is 10.0. The summed E-state index contributed by atoms with van der Waals surface area (Å²) in [5.41, 5.74) is 2.06. The SMILES string of the molecule is COc1ccc(CNc2nc(N3CCCCC3CO)nc3ccccc23)cc1. The van der Waals surface area contributed by atoms with Gasteiger partial charge in [0, 0.05) is 18.5 Å². The number of para-hydroxylation sites is 1. The molecule has 6 heteroatoms. The predicted octanol–water partition coefficient (Wildman–Crippen LogP) is 3.60. The van der Waals surface area contributed by atoms with E-state index in [0.717, 1.165) is 53.8 Å². The Morgan fingerprint density at radius 1 is 1.11 bits per heavy atom. The number of aliphatic hydroxyl groups excluding tert-OH is 1. The molecule has 0 amide bonds. The van der Waals surface area contributed by atoms with Gasteiger partial charge in [-0.05, 0) is 49.1 Å². The van der Waals surface area contributed by atoms with Crippen LogP contribution in [0.2, 0.25) is 0 Å². The van der Waals surface area contributed by atoms with E-state index in [0.29, 0.717) is 12.5 Å². The van der Waals surface area contributed by atoms with Crippen molar-refractivity contribution in [2.75, 3.05) is 30.5 Å². The normalized spacial score (nSPS) is 16.9. The first-order chi connectivity index (χ1) is 13.8. The fourth-order valence-corrected chi connectivity index (χ4v) is 3.71. The van der Waals surface area contributed by atoms with Gasteiger partial charge >= 0.3 is 0 Å². The van der Waals surface area contributed by atoms with Crippen molar-refractivity contribution in [1.82, 2.24) is 9.97 Å². The van der Waals surface area contributed by atoms with Crippen LogP contribution in [-0.4, -0.2) is 41.4 Å². The standard InChI is InChI=1S/C22H26N4O2/c1-28-18-11-9-16(10-12-18)14-23-21-19-7-2-3-8-20(19)24-22(25-21)26-13-5-4-6-17(26)15-27/h2-3,7-12,17,27H,4-6,13-15H2,1H3,(H,23,24,25). The van der Waals surface area contributed by atoms with Crippen LogP contribution in [0.4, 0.5) is 11.8 Å². The lowest BCUT2D eigenvalue weighted by molar-refractivity contribution is 0.239. The largest absolute Gasteiger partial charge is 0.497 e. The molecule has 1 aliphatic heterocycles. The zero-order valence-corrected chi connectivity index (χ0v) is 16.1. The third kappa shape index (κ3) is 3.87. The summed E-state index contributed by atoms with van der Waals surface area (Å²) in [7, 11) is 1.67. The molecule has 2 heterocycles. The van der Waals surface area contributed by atoms with Gasteiger partial charge in [-0.15, -0.1) is 0 Å². The molecular weight excluding hydrogens is 352 g/mol. The van der Waals surface area contributed by atoms with Gasteiger partial charge in [0.1, 0.15) is 11.6 Å². The summed E-state index contributed by atoms with van der Waals surface area (Å²) < 4.78 is 5.23. The number of nitrogens with one attached hydrogen (secondary N) is 1. The molecule has 0 spiro atoms. The molecule has 2 N–H and O–H groups in total. The number of benzene rings is 2. The lowest BCUT2D eigenvalue weighted by Gasteiger charge is -2.34. The number of aliphatic hydroxyl groups is 1. The van der Waals surface area contributed by atoms with Crippen molar-refractivity contribution in [1.29, 1.82) is 0 Å². The van der Waals surface area contributed by atoms with E-state index in [-0.39, 0.29) is 12.6 Å². The first kappa shape index (κ1) is 18.5. The number of rotatable bonds is 6. The van der Waals surface area contributed by atoms with Crippen molar-refractivity contribution < 1.29 is 9.84 Å². The molecule has 1 saturated heterocycles. The third-order valence-corrected chi connectivity index (χ3v) is 5.31. The van der Waals surface area contributed by atoms with E-state index < -0.39 is 0 Å². The molecule has 0 saturated carbocycles. The number of anilines is 2. The van der Waals surface area contributed by atoms with E-state index in [1.165, 1.54) is 0 Å². The summed E-state index contributed by atoms with van der Waals surface area (Å²) in [4.78, 5) is 11.8. The van der Waals surface area contributed by atoms with Gasteiger partial charge in [0.2, 0.25) is 5.95 Å². The van der Waals surface area contributed by atoms with Crippen LogP contribution in [0.5, 0.6) is 5.75 Å². The van der Waals surface area contributed by atoms with Gasteiger partial charge in [-0.25, -0.2) is 4.98 Å². The Balaban J connectivity index is 1.64. The number of hydrogen-bond acceptors (Lipinski definition) is 6.